The van der Waals surface area contributed by atoms with Gasteiger partial charge < -0.3 is 15.6 Å². The zero-order chi connectivity index (χ0) is 14.0. The molecule has 1 atom stereocenters. The fourth-order valence-corrected chi connectivity index (χ4v) is 2.14. The van der Waals surface area contributed by atoms with E-state index < -0.39 is 11.5 Å². The van der Waals surface area contributed by atoms with Crippen molar-refractivity contribution in [3.63, 3.8) is 0 Å². The third kappa shape index (κ3) is 2.53. The normalized spacial score (nSPS) is 14.1. The van der Waals surface area contributed by atoms with Gasteiger partial charge in [0.1, 0.15) is 11.3 Å². The lowest BCUT2D eigenvalue weighted by molar-refractivity contribution is -0.142. The van der Waals surface area contributed by atoms with Gasteiger partial charge in [-0.2, -0.15) is 0 Å². The Morgan fingerprint density at radius 1 is 1.26 bits per heavy atom. The Labute approximate surface area is 111 Å². The molecule has 0 saturated carbocycles. The fraction of sp³-hybridized carbons (Fsp3) is 0.267. The molecule has 0 heterocycles. The molecule has 3 N–H and O–H groups in total. The highest BCUT2D eigenvalue weighted by Crippen LogP contribution is 2.29. The summed E-state index contributed by atoms with van der Waals surface area (Å²) in [5.74, 6) is -0.235. The summed E-state index contributed by atoms with van der Waals surface area (Å²) in [5.41, 5.74) is 5.45. The molecule has 2 rings (SSSR count). The largest absolute Gasteiger partial charge is 0.496 e. The van der Waals surface area contributed by atoms with Crippen molar-refractivity contribution in [2.45, 2.75) is 18.9 Å². The number of ether oxygens (including phenoxy) is 1. The van der Waals surface area contributed by atoms with E-state index >= 15 is 0 Å². The fourth-order valence-electron chi connectivity index (χ4n) is 2.14. The molecular formula is C15H17NO3. The van der Waals surface area contributed by atoms with Crippen molar-refractivity contribution >= 4 is 16.7 Å². The molecule has 4 nitrogen and oxygen atoms in total. The predicted octanol–water partition coefficient (Wildman–Crippen LogP) is 2.19. The monoisotopic (exact) mass is 259 g/mol. The van der Waals surface area contributed by atoms with Crippen LogP contribution in [0.4, 0.5) is 0 Å². The predicted molar refractivity (Wildman–Crippen MR) is 74.4 cm³/mol. The summed E-state index contributed by atoms with van der Waals surface area (Å²) in [7, 11) is 1.62. The molecule has 100 valence electrons. The molecule has 2 aromatic carbocycles. The van der Waals surface area contributed by atoms with Crippen molar-refractivity contribution in [2.24, 2.45) is 5.73 Å². The zero-order valence-corrected chi connectivity index (χ0v) is 11.0. The number of fused-ring (bicyclic) bond motifs is 1. The Morgan fingerprint density at radius 3 is 2.47 bits per heavy atom. The number of nitrogens with two attached hydrogens (primary N) is 1. The first-order valence-electron chi connectivity index (χ1n) is 6.02. The van der Waals surface area contributed by atoms with E-state index in [4.69, 9.17) is 15.6 Å². The van der Waals surface area contributed by atoms with Crippen LogP contribution in [0.1, 0.15) is 12.5 Å². The molecule has 0 unspecified atom stereocenters. The highest BCUT2D eigenvalue weighted by atomic mass is 16.5. The molecule has 4 heteroatoms. The van der Waals surface area contributed by atoms with Crippen LogP contribution in [-0.2, 0) is 11.2 Å². The summed E-state index contributed by atoms with van der Waals surface area (Å²) in [6, 6.07) is 11.5. The van der Waals surface area contributed by atoms with E-state index in [2.05, 4.69) is 0 Å². The van der Waals surface area contributed by atoms with Crippen molar-refractivity contribution in [2.75, 3.05) is 7.11 Å². The Morgan fingerprint density at radius 2 is 1.89 bits per heavy atom. The molecule has 0 spiro atoms. The van der Waals surface area contributed by atoms with Crippen LogP contribution in [0.2, 0.25) is 0 Å². The summed E-state index contributed by atoms with van der Waals surface area (Å²) in [5, 5.41) is 11.1. The number of hydrogen-bond donors (Lipinski definition) is 2. The standard InChI is InChI=1S/C15H17NO3/c1-15(16,14(17)18)9-10-7-8-13(19-2)12-6-4-3-5-11(10)12/h3-8H,9,16H2,1-2H3,(H,17,18)/t15-/m0/s1. The van der Waals surface area contributed by atoms with Crippen molar-refractivity contribution < 1.29 is 14.6 Å². The number of carboxylic acid groups (broad SMARTS) is 1. The molecule has 2 aromatic rings. The van der Waals surface area contributed by atoms with Gasteiger partial charge in [-0.25, -0.2) is 0 Å². The average molecular weight is 259 g/mol. The average Bonchev–Trinajstić information content (AvgIpc) is 2.38. The maximum absolute atomic E-state index is 11.1. The van der Waals surface area contributed by atoms with Crippen LogP contribution in [0.5, 0.6) is 5.75 Å². The highest BCUT2D eigenvalue weighted by molar-refractivity contribution is 5.92. The van der Waals surface area contributed by atoms with Gasteiger partial charge in [0.25, 0.3) is 0 Å². The molecule has 0 fully saturated rings. The van der Waals surface area contributed by atoms with E-state index in [1.165, 1.54) is 6.92 Å². The van der Waals surface area contributed by atoms with Gasteiger partial charge in [0.2, 0.25) is 0 Å². The summed E-state index contributed by atoms with van der Waals surface area (Å²) in [4.78, 5) is 11.1. The van der Waals surface area contributed by atoms with E-state index in [0.717, 1.165) is 22.1 Å². The summed E-state index contributed by atoms with van der Waals surface area (Å²) < 4.78 is 5.31. The smallest absolute Gasteiger partial charge is 0.323 e. The van der Waals surface area contributed by atoms with Gasteiger partial charge in [-0.1, -0.05) is 30.3 Å². The maximum atomic E-state index is 11.1. The van der Waals surface area contributed by atoms with E-state index in [1.54, 1.807) is 7.11 Å². The number of carboxylic acids is 1. The van der Waals surface area contributed by atoms with Gasteiger partial charge in [0.05, 0.1) is 7.11 Å². The van der Waals surface area contributed by atoms with Crippen molar-refractivity contribution in [1.29, 1.82) is 0 Å². The van der Waals surface area contributed by atoms with Gasteiger partial charge >= 0.3 is 5.97 Å². The zero-order valence-electron chi connectivity index (χ0n) is 11.0. The Kier molecular flexibility index (Phi) is 3.44. The highest BCUT2D eigenvalue weighted by Gasteiger charge is 2.28. The van der Waals surface area contributed by atoms with E-state index in [-0.39, 0.29) is 6.42 Å². The van der Waals surface area contributed by atoms with Gasteiger partial charge in [-0.15, -0.1) is 0 Å². The summed E-state index contributed by atoms with van der Waals surface area (Å²) in [6.45, 7) is 1.52. The van der Waals surface area contributed by atoms with E-state index in [9.17, 15) is 4.79 Å². The van der Waals surface area contributed by atoms with Crippen molar-refractivity contribution in [1.82, 2.24) is 0 Å². The lowest BCUT2D eigenvalue weighted by Crippen LogP contribution is -2.46. The minimum Gasteiger partial charge on any atom is -0.496 e. The molecular weight excluding hydrogens is 242 g/mol. The number of carbonyl (C=O) groups is 1. The number of benzene rings is 2. The molecule has 0 aliphatic carbocycles. The topological polar surface area (TPSA) is 72.5 Å². The quantitative estimate of drug-likeness (QED) is 0.882. The minimum absolute atomic E-state index is 0.271. The molecule has 0 aliphatic heterocycles. The minimum atomic E-state index is -1.28. The lowest BCUT2D eigenvalue weighted by Gasteiger charge is -2.20. The first kappa shape index (κ1) is 13.4. The Hall–Kier alpha value is -2.07. The van der Waals surface area contributed by atoms with Crippen LogP contribution >= 0.6 is 0 Å². The van der Waals surface area contributed by atoms with E-state index in [0.29, 0.717) is 0 Å². The second kappa shape index (κ2) is 4.90. The molecule has 0 radical (unpaired) electrons. The number of rotatable bonds is 4. The van der Waals surface area contributed by atoms with Crippen LogP contribution in [0, 0.1) is 0 Å². The van der Waals surface area contributed by atoms with Crippen LogP contribution < -0.4 is 10.5 Å². The van der Waals surface area contributed by atoms with Crippen LogP contribution in [0.25, 0.3) is 10.8 Å². The lowest BCUT2D eigenvalue weighted by atomic mass is 9.91. The van der Waals surface area contributed by atoms with Crippen molar-refractivity contribution in [3.8, 4) is 5.75 Å². The Bertz CT molecular complexity index is 620. The van der Waals surface area contributed by atoms with Gasteiger partial charge in [-0.05, 0) is 23.9 Å². The van der Waals surface area contributed by atoms with E-state index in [1.807, 2.05) is 36.4 Å². The summed E-state index contributed by atoms with van der Waals surface area (Å²) in [6.07, 6.45) is 0.271. The van der Waals surface area contributed by atoms with Crippen LogP contribution in [0.3, 0.4) is 0 Å². The SMILES string of the molecule is COc1ccc(C[C@](C)(N)C(=O)O)c2ccccc12. The maximum Gasteiger partial charge on any atom is 0.323 e. The Balaban J connectivity index is 2.54. The number of methoxy groups -OCH3 is 1. The second-order valence-corrected chi connectivity index (χ2v) is 4.87. The van der Waals surface area contributed by atoms with Crippen LogP contribution in [-0.4, -0.2) is 23.7 Å². The first-order valence-corrected chi connectivity index (χ1v) is 6.02. The molecule has 0 aliphatic rings. The van der Waals surface area contributed by atoms with Crippen molar-refractivity contribution in [3.05, 3.63) is 42.0 Å². The summed E-state index contributed by atoms with van der Waals surface area (Å²) >= 11 is 0. The molecule has 0 saturated heterocycles. The second-order valence-electron chi connectivity index (χ2n) is 4.87. The molecule has 0 bridgehead atoms. The third-order valence-electron chi connectivity index (χ3n) is 3.24. The van der Waals surface area contributed by atoms with Crippen LogP contribution in [0.15, 0.2) is 36.4 Å². The third-order valence-corrected chi connectivity index (χ3v) is 3.24. The molecule has 0 aromatic heterocycles. The molecule has 0 amide bonds. The first-order chi connectivity index (χ1) is 8.95. The van der Waals surface area contributed by atoms with Gasteiger partial charge in [0, 0.05) is 11.8 Å². The van der Waals surface area contributed by atoms with Gasteiger partial charge in [0.15, 0.2) is 0 Å². The number of aliphatic carboxylic acids is 1. The number of hydrogen-bond acceptors (Lipinski definition) is 3. The molecule has 19 heavy (non-hydrogen) atoms. The van der Waals surface area contributed by atoms with Gasteiger partial charge in [-0.3, -0.25) is 4.79 Å².